The van der Waals surface area contributed by atoms with E-state index in [2.05, 4.69) is 9.97 Å². The Morgan fingerprint density at radius 1 is 1.06 bits per heavy atom. The molecule has 1 saturated heterocycles. The van der Waals surface area contributed by atoms with Gasteiger partial charge in [-0.15, -0.1) is 0 Å². The summed E-state index contributed by atoms with van der Waals surface area (Å²) in [7, 11) is 1.06. The molecule has 186 valence electrons. The van der Waals surface area contributed by atoms with Crippen LogP contribution in [0.3, 0.4) is 0 Å². The fraction of sp³-hybridized carbons (Fsp3) is 0.240. The number of alkyl halides is 1. The molecule has 0 saturated carbocycles. The second-order valence-electron chi connectivity index (χ2n) is 7.92. The summed E-state index contributed by atoms with van der Waals surface area (Å²) in [4.78, 5) is 58.1. The molecule has 1 aliphatic rings. The maximum Gasteiger partial charge on any atom is 0.410 e. The van der Waals surface area contributed by atoms with Crippen LogP contribution >= 0.6 is 0 Å². The number of benzene rings is 2. The summed E-state index contributed by atoms with van der Waals surface area (Å²) in [5, 5.41) is 0. The smallest absolute Gasteiger partial charge is 0.410 e. The molecule has 10 nitrogen and oxygen atoms in total. The van der Waals surface area contributed by atoms with E-state index in [0.717, 1.165) is 17.6 Å². The summed E-state index contributed by atoms with van der Waals surface area (Å²) in [6, 6.07) is 15.7. The Labute approximate surface area is 204 Å². The van der Waals surface area contributed by atoms with E-state index in [1.807, 2.05) is 6.07 Å². The van der Waals surface area contributed by atoms with E-state index < -0.39 is 47.2 Å². The maximum atomic E-state index is 14.4. The van der Waals surface area contributed by atoms with Crippen molar-refractivity contribution in [2.24, 2.45) is 0 Å². The minimum atomic E-state index is -1.42. The molecular weight excluding hydrogens is 473 g/mol. The molecule has 2 aromatic carbocycles. The molecule has 0 spiro atoms. The first-order chi connectivity index (χ1) is 17.4. The summed E-state index contributed by atoms with van der Waals surface area (Å²) in [5.74, 6) is -2.79. The van der Waals surface area contributed by atoms with Gasteiger partial charge in [0.25, 0.3) is 5.56 Å². The summed E-state index contributed by atoms with van der Waals surface area (Å²) >= 11 is 0. The highest BCUT2D eigenvalue weighted by Crippen LogP contribution is 2.33. The third-order valence-electron chi connectivity index (χ3n) is 5.48. The summed E-state index contributed by atoms with van der Waals surface area (Å²) in [6.07, 6.45) is -2.42. The van der Waals surface area contributed by atoms with E-state index >= 15 is 0 Å². The van der Waals surface area contributed by atoms with Gasteiger partial charge in [-0.2, -0.15) is 0 Å². The van der Waals surface area contributed by atoms with Crippen molar-refractivity contribution >= 4 is 18.0 Å². The summed E-state index contributed by atoms with van der Waals surface area (Å²) < 4.78 is 29.5. The van der Waals surface area contributed by atoms with E-state index in [1.165, 1.54) is 12.1 Å². The minimum Gasteiger partial charge on any atom is -0.464 e. The Bertz CT molecular complexity index is 1310. The molecule has 2 unspecified atom stereocenters. The van der Waals surface area contributed by atoms with Crippen molar-refractivity contribution in [3.05, 3.63) is 93.7 Å². The zero-order valence-electron chi connectivity index (χ0n) is 19.2. The quantitative estimate of drug-likeness (QED) is 0.517. The van der Waals surface area contributed by atoms with Crippen LogP contribution in [0, 0.1) is 0 Å². The average molecular weight is 495 g/mol. The first-order valence-electron chi connectivity index (χ1n) is 11.0. The minimum absolute atomic E-state index is 0.0361. The number of carbonyl (C=O) groups excluding carboxylic acids is 3. The largest absolute Gasteiger partial charge is 0.464 e. The number of aromatic nitrogens is 2. The van der Waals surface area contributed by atoms with Crippen LogP contribution in [-0.2, 0) is 16.1 Å². The normalized spacial score (nSPS) is 16.9. The molecule has 1 aliphatic heterocycles. The number of amides is 1. The lowest BCUT2D eigenvalue weighted by Crippen LogP contribution is -2.34. The van der Waals surface area contributed by atoms with Crippen molar-refractivity contribution in [3.8, 4) is 5.75 Å². The van der Waals surface area contributed by atoms with Crippen LogP contribution < -0.4 is 10.3 Å². The first-order valence-corrected chi connectivity index (χ1v) is 11.0. The summed E-state index contributed by atoms with van der Waals surface area (Å²) in [5.41, 5.74) is -0.673. The number of esters is 2. The number of ether oxygens (including phenoxy) is 3. The van der Waals surface area contributed by atoms with Crippen molar-refractivity contribution < 1.29 is 33.0 Å². The molecule has 2 atom stereocenters. The zero-order chi connectivity index (χ0) is 25.7. The predicted octanol–water partition coefficient (Wildman–Crippen LogP) is 3.20. The molecule has 1 fully saturated rings. The van der Waals surface area contributed by atoms with Crippen LogP contribution in [0.4, 0.5) is 9.18 Å². The van der Waals surface area contributed by atoms with Gasteiger partial charge >= 0.3 is 18.0 Å². The third kappa shape index (κ3) is 5.40. The van der Waals surface area contributed by atoms with E-state index in [1.54, 1.807) is 42.5 Å². The Hall–Kier alpha value is -4.54. The van der Waals surface area contributed by atoms with Crippen molar-refractivity contribution in [2.75, 3.05) is 13.7 Å². The number of carbonyl (C=O) groups is 3. The van der Waals surface area contributed by atoms with Crippen molar-refractivity contribution in [2.45, 2.75) is 25.2 Å². The molecule has 0 aliphatic carbocycles. The van der Waals surface area contributed by atoms with Crippen LogP contribution in [0.1, 0.15) is 44.7 Å². The monoisotopic (exact) mass is 495 g/mol. The molecule has 3 aromatic rings. The highest BCUT2D eigenvalue weighted by Gasteiger charge is 2.40. The number of likely N-dealkylation sites (tertiary alicyclic amines) is 1. The van der Waals surface area contributed by atoms with Crippen LogP contribution in [-0.4, -0.2) is 52.7 Å². The molecule has 1 N–H and O–H groups in total. The molecule has 1 amide bonds. The number of halogens is 1. The number of nitrogens with one attached hydrogen (secondary N) is 1. The highest BCUT2D eigenvalue weighted by molar-refractivity contribution is 5.94. The lowest BCUT2D eigenvalue weighted by atomic mass is 10.2. The summed E-state index contributed by atoms with van der Waals surface area (Å²) in [6.45, 7) is -0.327. The van der Waals surface area contributed by atoms with Crippen LogP contribution in [0.15, 0.2) is 65.5 Å². The Kier molecular flexibility index (Phi) is 7.38. The number of hydrogen-bond acceptors (Lipinski definition) is 8. The molecule has 11 heteroatoms. The molecule has 0 bridgehead atoms. The SMILES string of the molecule is COC(=O)c1nc(C2CC(F)CN2C(=O)OCc2ccccc2)[nH]c(=O)c1OC(=O)c1ccccc1. The standard InChI is InChI=1S/C25H22FN3O7/c1-34-24(32)19-20(36-23(31)16-10-6-3-7-11-16)22(30)28-21(27-19)18-12-17(26)13-29(18)25(33)35-14-15-8-4-2-5-9-15/h2-11,17-18H,12-14H2,1H3,(H,27,28,30). The predicted molar refractivity (Wildman–Crippen MR) is 123 cm³/mol. The maximum absolute atomic E-state index is 14.4. The lowest BCUT2D eigenvalue weighted by Gasteiger charge is -2.23. The topological polar surface area (TPSA) is 128 Å². The number of nitrogens with zero attached hydrogens (tertiary/aromatic N) is 2. The van der Waals surface area contributed by atoms with Gasteiger partial charge in [0, 0.05) is 6.42 Å². The lowest BCUT2D eigenvalue weighted by molar-refractivity contribution is 0.0583. The van der Waals surface area contributed by atoms with E-state index in [9.17, 15) is 23.6 Å². The van der Waals surface area contributed by atoms with Gasteiger partial charge < -0.3 is 19.2 Å². The van der Waals surface area contributed by atoms with Gasteiger partial charge in [-0.3, -0.25) is 9.69 Å². The fourth-order valence-electron chi connectivity index (χ4n) is 3.74. The Morgan fingerprint density at radius 3 is 2.39 bits per heavy atom. The Balaban J connectivity index is 1.61. The van der Waals surface area contributed by atoms with Crippen LogP contribution in [0.25, 0.3) is 0 Å². The van der Waals surface area contributed by atoms with Gasteiger partial charge in [0.05, 0.1) is 25.3 Å². The number of hydrogen-bond donors (Lipinski definition) is 1. The molecular formula is C25H22FN3O7. The van der Waals surface area contributed by atoms with Gasteiger partial charge in [-0.05, 0) is 17.7 Å². The highest BCUT2D eigenvalue weighted by atomic mass is 19.1. The van der Waals surface area contributed by atoms with E-state index in [0.29, 0.717) is 0 Å². The van der Waals surface area contributed by atoms with E-state index in [-0.39, 0.29) is 31.0 Å². The number of rotatable bonds is 6. The van der Waals surface area contributed by atoms with Crippen molar-refractivity contribution in [1.29, 1.82) is 0 Å². The Morgan fingerprint density at radius 2 is 1.72 bits per heavy atom. The van der Waals surface area contributed by atoms with Crippen LogP contribution in [0.2, 0.25) is 0 Å². The van der Waals surface area contributed by atoms with Gasteiger partial charge in [-0.1, -0.05) is 48.5 Å². The second kappa shape index (κ2) is 10.8. The molecule has 2 heterocycles. The number of H-pyrrole nitrogens is 1. The second-order valence-corrected chi connectivity index (χ2v) is 7.92. The number of methoxy groups -OCH3 is 1. The van der Waals surface area contributed by atoms with Gasteiger partial charge in [0.15, 0.2) is 5.69 Å². The first kappa shape index (κ1) is 24.6. The van der Waals surface area contributed by atoms with E-state index in [4.69, 9.17) is 14.2 Å². The molecule has 36 heavy (non-hydrogen) atoms. The number of aromatic amines is 1. The molecule has 4 rings (SSSR count). The van der Waals surface area contributed by atoms with Gasteiger partial charge in [-0.25, -0.2) is 23.8 Å². The molecule has 1 aromatic heterocycles. The third-order valence-corrected chi connectivity index (χ3v) is 5.48. The van der Waals surface area contributed by atoms with Gasteiger partial charge in [0.2, 0.25) is 5.75 Å². The average Bonchev–Trinajstić information content (AvgIpc) is 3.30. The molecule has 0 radical (unpaired) electrons. The fourth-order valence-corrected chi connectivity index (χ4v) is 3.74. The van der Waals surface area contributed by atoms with Crippen LogP contribution in [0.5, 0.6) is 5.75 Å². The zero-order valence-corrected chi connectivity index (χ0v) is 19.2. The van der Waals surface area contributed by atoms with Gasteiger partial charge in [0.1, 0.15) is 18.6 Å². The van der Waals surface area contributed by atoms with Crippen molar-refractivity contribution in [1.82, 2.24) is 14.9 Å². The van der Waals surface area contributed by atoms with Crippen molar-refractivity contribution in [3.63, 3.8) is 0 Å².